The molecule has 27 heavy (non-hydrogen) atoms. The van der Waals surface area contributed by atoms with Crippen molar-refractivity contribution in [3.63, 3.8) is 0 Å². The second kappa shape index (κ2) is 9.31. The highest BCUT2D eigenvalue weighted by Crippen LogP contribution is 2.31. The lowest BCUT2D eigenvalue weighted by molar-refractivity contribution is -0.115. The van der Waals surface area contributed by atoms with Crippen LogP contribution in [0.1, 0.15) is 46.1 Å². The van der Waals surface area contributed by atoms with E-state index in [9.17, 15) is 4.79 Å². The highest BCUT2D eigenvalue weighted by molar-refractivity contribution is 5.96. The van der Waals surface area contributed by atoms with E-state index >= 15 is 0 Å². The number of methoxy groups -OCH3 is 1. The van der Waals surface area contributed by atoms with Gasteiger partial charge in [0.05, 0.1) is 13.7 Å². The molecule has 1 aromatic carbocycles. The summed E-state index contributed by atoms with van der Waals surface area (Å²) in [5.74, 6) is 1.18. The van der Waals surface area contributed by atoms with Gasteiger partial charge in [-0.1, -0.05) is 38.5 Å². The number of unbranched alkanes of at least 4 members (excludes halogenated alkanes) is 1. The van der Waals surface area contributed by atoms with Crippen molar-refractivity contribution in [2.45, 2.75) is 40.5 Å². The van der Waals surface area contributed by atoms with E-state index in [4.69, 9.17) is 15.2 Å². The number of primary amides is 1. The van der Waals surface area contributed by atoms with Crippen molar-refractivity contribution < 1.29 is 14.3 Å². The lowest BCUT2D eigenvalue weighted by atomic mass is 10.0. The smallest absolute Gasteiger partial charge is 0.265 e. The van der Waals surface area contributed by atoms with Crippen LogP contribution in [0.25, 0.3) is 6.08 Å². The number of benzene rings is 1. The maximum absolute atomic E-state index is 12.2. The first-order chi connectivity index (χ1) is 12.9. The van der Waals surface area contributed by atoms with Gasteiger partial charge in [-0.3, -0.25) is 4.79 Å². The van der Waals surface area contributed by atoms with Crippen LogP contribution in [0.15, 0.2) is 47.4 Å². The number of carbonyl (C=O) groups is 1. The molecule has 0 unspecified atom stereocenters. The van der Waals surface area contributed by atoms with Crippen molar-refractivity contribution in [2.24, 2.45) is 11.7 Å². The molecule has 1 amide bonds. The van der Waals surface area contributed by atoms with E-state index in [0.717, 1.165) is 29.8 Å². The van der Waals surface area contributed by atoms with Crippen molar-refractivity contribution in [1.82, 2.24) is 4.90 Å². The first kappa shape index (κ1) is 20.6. The van der Waals surface area contributed by atoms with Crippen LogP contribution < -0.4 is 15.2 Å². The molecule has 1 heterocycles. The van der Waals surface area contributed by atoms with Gasteiger partial charge in [0.15, 0.2) is 11.5 Å². The second-order valence-electron chi connectivity index (χ2n) is 6.82. The molecule has 0 fully saturated rings. The van der Waals surface area contributed by atoms with E-state index in [1.165, 1.54) is 0 Å². The summed E-state index contributed by atoms with van der Waals surface area (Å²) in [7, 11) is 1.61. The Kier molecular flexibility index (Phi) is 7.11. The fourth-order valence-electron chi connectivity index (χ4n) is 3.24. The van der Waals surface area contributed by atoms with Crippen LogP contribution in [0.4, 0.5) is 0 Å². The van der Waals surface area contributed by atoms with Crippen LogP contribution >= 0.6 is 0 Å². The van der Waals surface area contributed by atoms with Crippen molar-refractivity contribution >= 4 is 12.0 Å². The molecule has 0 bridgehead atoms. The highest BCUT2D eigenvalue weighted by Gasteiger charge is 2.22. The number of rotatable bonds is 8. The summed E-state index contributed by atoms with van der Waals surface area (Å²) < 4.78 is 11.2. The summed E-state index contributed by atoms with van der Waals surface area (Å²) in [6, 6.07) is 5.61. The first-order valence-corrected chi connectivity index (χ1v) is 9.36. The minimum Gasteiger partial charge on any atom is -0.493 e. The minimum atomic E-state index is -0.477. The zero-order valence-electron chi connectivity index (χ0n) is 16.9. The summed E-state index contributed by atoms with van der Waals surface area (Å²) >= 11 is 0. The first-order valence-electron chi connectivity index (χ1n) is 9.36. The van der Waals surface area contributed by atoms with Gasteiger partial charge in [0.1, 0.15) is 5.70 Å². The standard InChI is InChI=1S/C22H30N2O3/c1-6-7-10-27-21-14-18(8-9-20(21)26-5)13-19(22(23)25)24-16(3)11-15(2)12-17(24)4/h8-9,11-15H,6-7,10H2,1-5H3,(H2,23,25)/b19-13+. The SMILES string of the molecule is CCCCOc1cc(/C=C(\C(N)=O)N2C(C)=CC(C)C=C2C)ccc1OC. The van der Waals surface area contributed by atoms with E-state index in [0.29, 0.717) is 29.7 Å². The molecule has 0 spiro atoms. The highest BCUT2D eigenvalue weighted by atomic mass is 16.5. The van der Waals surface area contributed by atoms with Gasteiger partial charge < -0.3 is 20.1 Å². The molecule has 0 saturated carbocycles. The number of amides is 1. The number of hydrogen-bond donors (Lipinski definition) is 1. The minimum absolute atomic E-state index is 0.329. The van der Waals surface area contributed by atoms with E-state index in [1.807, 2.05) is 36.9 Å². The molecule has 1 aliphatic rings. The molecule has 1 aliphatic heterocycles. The molecular formula is C22H30N2O3. The molecule has 5 nitrogen and oxygen atoms in total. The number of nitrogens with two attached hydrogens (primary N) is 1. The topological polar surface area (TPSA) is 64.8 Å². The number of ether oxygens (including phenoxy) is 2. The quantitative estimate of drug-likeness (QED) is 0.542. The Bertz CT molecular complexity index is 758. The third kappa shape index (κ3) is 5.16. The molecule has 1 aromatic rings. The second-order valence-corrected chi connectivity index (χ2v) is 6.82. The van der Waals surface area contributed by atoms with Gasteiger partial charge in [-0.05, 0) is 50.0 Å². The number of nitrogens with zero attached hydrogens (tertiary/aromatic N) is 1. The third-order valence-corrected chi connectivity index (χ3v) is 4.45. The molecular weight excluding hydrogens is 340 g/mol. The van der Waals surface area contributed by atoms with Crippen LogP contribution in [0.3, 0.4) is 0 Å². The molecule has 0 atom stereocenters. The van der Waals surface area contributed by atoms with Gasteiger partial charge in [0.25, 0.3) is 5.91 Å². The molecule has 0 aromatic heterocycles. The van der Waals surface area contributed by atoms with E-state index in [1.54, 1.807) is 13.2 Å². The maximum Gasteiger partial charge on any atom is 0.265 e. The molecule has 0 aliphatic carbocycles. The van der Waals surface area contributed by atoms with Crippen LogP contribution in [0, 0.1) is 5.92 Å². The normalized spacial score (nSPS) is 15.3. The summed E-state index contributed by atoms with van der Waals surface area (Å²) in [5, 5.41) is 0. The van der Waals surface area contributed by atoms with Crippen molar-refractivity contribution in [1.29, 1.82) is 0 Å². The zero-order chi connectivity index (χ0) is 20.0. The summed E-state index contributed by atoms with van der Waals surface area (Å²) in [6.45, 7) is 8.82. The summed E-state index contributed by atoms with van der Waals surface area (Å²) in [4.78, 5) is 14.1. The molecule has 0 saturated heterocycles. The largest absolute Gasteiger partial charge is 0.493 e. The predicted octanol–water partition coefficient (Wildman–Crippen LogP) is 4.46. The van der Waals surface area contributed by atoms with Crippen molar-refractivity contribution in [2.75, 3.05) is 13.7 Å². The fraction of sp³-hybridized carbons (Fsp3) is 0.409. The average Bonchev–Trinajstić information content (AvgIpc) is 2.60. The Morgan fingerprint density at radius 3 is 2.44 bits per heavy atom. The van der Waals surface area contributed by atoms with Gasteiger partial charge >= 0.3 is 0 Å². The Morgan fingerprint density at radius 1 is 1.22 bits per heavy atom. The van der Waals surface area contributed by atoms with E-state index in [-0.39, 0.29) is 0 Å². The number of carbonyl (C=O) groups excluding carboxylic acids is 1. The molecule has 146 valence electrons. The summed E-state index contributed by atoms with van der Waals surface area (Å²) in [5.41, 5.74) is 8.93. The van der Waals surface area contributed by atoms with Crippen molar-refractivity contribution in [3.05, 3.63) is 53.0 Å². The van der Waals surface area contributed by atoms with Crippen molar-refractivity contribution in [3.8, 4) is 11.5 Å². The van der Waals surface area contributed by atoms with Gasteiger partial charge in [0.2, 0.25) is 0 Å². The van der Waals surface area contributed by atoms with Gasteiger partial charge in [-0.25, -0.2) is 0 Å². The van der Waals surface area contributed by atoms with E-state index in [2.05, 4.69) is 26.0 Å². The third-order valence-electron chi connectivity index (χ3n) is 4.45. The Morgan fingerprint density at radius 2 is 1.89 bits per heavy atom. The van der Waals surface area contributed by atoms with Crippen LogP contribution in [0.5, 0.6) is 11.5 Å². The monoisotopic (exact) mass is 370 g/mol. The lowest BCUT2D eigenvalue weighted by Crippen LogP contribution is -2.31. The van der Waals surface area contributed by atoms with Crippen LogP contribution in [-0.4, -0.2) is 24.5 Å². The molecule has 5 heteroatoms. The van der Waals surface area contributed by atoms with Gasteiger partial charge in [-0.2, -0.15) is 0 Å². The number of allylic oxidation sites excluding steroid dienone is 4. The lowest BCUT2D eigenvalue weighted by Gasteiger charge is -2.31. The van der Waals surface area contributed by atoms with Crippen LogP contribution in [0.2, 0.25) is 0 Å². The average molecular weight is 370 g/mol. The molecule has 0 radical (unpaired) electrons. The van der Waals surface area contributed by atoms with Crippen LogP contribution in [-0.2, 0) is 4.79 Å². The molecule has 2 N–H and O–H groups in total. The fourth-order valence-corrected chi connectivity index (χ4v) is 3.24. The van der Waals surface area contributed by atoms with Gasteiger partial charge in [-0.15, -0.1) is 0 Å². The predicted molar refractivity (Wildman–Crippen MR) is 109 cm³/mol. The van der Waals surface area contributed by atoms with E-state index < -0.39 is 5.91 Å². The Hall–Kier alpha value is -2.69. The summed E-state index contributed by atoms with van der Waals surface area (Å²) in [6.07, 6.45) is 8.03. The Labute approximate surface area is 162 Å². The van der Waals surface area contributed by atoms with Gasteiger partial charge in [0, 0.05) is 11.4 Å². The number of hydrogen-bond acceptors (Lipinski definition) is 4. The zero-order valence-corrected chi connectivity index (χ0v) is 16.9. The molecule has 2 rings (SSSR count). The Balaban J connectivity index is 2.40. The maximum atomic E-state index is 12.2.